The number of aromatic nitrogens is 3. The average molecular weight is 381 g/mol. The Bertz CT molecular complexity index is 843. The standard InChI is InChI=1S/C21H27N5O2/c1-14-19(15(2)24-23-14)7-8-20(27)26-12-16-5-6-18(26)13-25(11-16)21(28)17-4-3-9-22-10-17/h3-4,9-10,16,18H,5-8,11-13H2,1-2H3,(H,23,24)/t16-,18+/m0/s1. The van der Waals surface area contributed by atoms with Gasteiger partial charge in [0.2, 0.25) is 5.91 Å². The summed E-state index contributed by atoms with van der Waals surface area (Å²) >= 11 is 0. The number of pyridine rings is 1. The van der Waals surface area contributed by atoms with E-state index in [1.54, 1.807) is 24.5 Å². The van der Waals surface area contributed by atoms with Gasteiger partial charge in [0.25, 0.3) is 5.91 Å². The van der Waals surface area contributed by atoms with E-state index in [9.17, 15) is 9.59 Å². The first-order valence-corrected chi connectivity index (χ1v) is 10.0. The molecule has 0 aliphatic carbocycles. The first-order valence-electron chi connectivity index (χ1n) is 10.0. The summed E-state index contributed by atoms with van der Waals surface area (Å²) in [6, 6.07) is 3.70. The minimum atomic E-state index is 0.0175. The molecule has 148 valence electrons. The minimum absolute atomic E-state index is 0.0175. The van der Waals surface area contributed by atoms with E-state index >= 15 is 0 Å². The van der Waals surface area contributed by atoms with Crippen LogP contribution in [0, 0.1) is 19.8 Å². The molecule has 0 unspecified atom stereocenters. The number of amides is 2. The molecule has 0 saturated carbocycles. The van der Waals surface area contributed by atoms with Crippen LogP contribution < -0.4 is 0 Å². The van der Waals surface area contributed by atoms with Gasteiger partial charge in [0.1, 0.15) is 0 Å². The van der Waals surface area contributed by atoms with Gasteiger partial charge in [-0.1, -0.05) is 0 Å². The molecule has 7 nitrogen and oxygen atoms in total. The Balaban J connectivity index is 1.43. The SMILES string of the molecule is Cc1n[nH]c(C)c1CCC(=O)N1C[C@H]2CC[C@@H]1CN(C(=O)c1cccnc1)C2. The Kier molecular flexibility index (Phi) is 5.15. The fraction of sp³-hybridized carbons (Fsp3) is 0.524. The molecule has 2 amide bonds. The lowest BCUT2D eigenvalue weighted by molar-refractivity contribution is -0.135. The molecule has 7 heteroatoms. The molecular weight excluding hydrogens is 354 g/mol. The highest BCUT2D eigenvalue weighted by Gasteiger charge is 2.38. The number of piperidine rings is 1. The molecule has 2 bridgehead atoms. The van der Waals surface area contributed by atoms with Crippen LogP contribution in [-0.2, 0) is 11.2 Å². The van der Waals surface area contributed by atoms with Crippen LogP contribution in [0.2, 0.25) is 0 Å². The largest absolute Gasteiger partial charge is 0.338 e. The van der Waals surface area contributed by atoms with Crippen LogP contribution in [0.5, 0.6) is 0 Å². The highest BCUT2D eigenvalue weighted by atomic mass is 16.2. The van der Waals surface area contributed by atoms with E-state index in [1.807, 2.05) is 23.6 Å². The molecule has 3 saturated heterocycles. The average Bonchev–Trinajstić information content (AvgIpc) is 2.90. The van der Waals surface area contributed by atoms with Crippen molar-refractivity contribution >= 4 is 11.8 Å². The first kappa shape index (κ1) is 18.7. The van der Waals surface area contributed by atoms with E-state index < -0.39 is 0 Å². The number of aromatic amines is 1. The van der Waals surface area contributed by atoms with E-state index in [1.165, 1.54) is 0 Å². The molecule has 2 atom stereocenters. The van der Waals surface area contributed by atoms with Crippen LogP contribution in [-0.4, -0.2) is 62.5 Å². The Morgan fingerprint density at radius 1 is 1.21 bits per heavy atom. The van der Waals surface area contributed by atoms with E-state index in [4.69, 9.17) is 0 Å². The number of aryl methyl sites for hydroxylation is 2. The van der Waals surface area contributed by atoms with Gasteiger partial charge in [-0.05, 0) is 56.7 Å². The van der Waals surface area contributed by atoms with Crippen LogP contribution in [0.3, 0.4) is 0 Å². The van der Waals surface area contributed by atoms with Gasteiger partial charge < -0.3 is 9.80 Å². The van der Waals surface area contributed by atoms with Gasteiger partial charge in [-0.25, -0.2) is 0 Å². The Morgan fingerprint density at radius 3 is 2.79 bits per heavy atom. The summed E-state index contributed by atoms with van der Waals surface area (Å²) < 4.78 is 0. The monoisotopic (exact) mass is 381 g/mol. The van der Waals surface area contributed by atoms with Crippen molar-refractivity contribution in [1.82, 2.24) is 25.0 Å². The number of hydrogen-bond donors (Lipinski definition) is 1. The van der Waals surface area contributed by atoms with Crippen molar-refractivity contribution in [2.24, 2.45) is 5.92 Å². The topological polar surface area (TPSA) is 82.2 Å². The van der Waals surface area contributed by atoms with E-state index in [0.29, 0.717) is 37.4 Å². The predicted molar refractivity (Wildman–Crippen MR) is 105 cm³/mol. The second-order valence-corrected chi connectivity index (χ2v) is 8.01. The third kappa shape index (κ3) is 3.66. The second kappa shape index (κ2) is 7.73. The van der Waals surface area contributed by atoms with Gasteiger partial charge in [0.15, 0.2) is 0 Å². The van der Waals surface area contributed by atoms with Crippen LogP contribution in [0.25, 0.3) is 0 Å². The van der Waals surface area contributed by atoms with Crippen molar-refractivity contribution in [3.05, 3.63) is 47.0 Å². The van der Waals surface area contributed by atoms with Gasteiger partial charge in [0, 0.05) is 50.2 Å². The zero-order valence-electron chi connectivity index (χ0n) is 16.5. The number of carbonyl (C=O) groups excluding carboxylic acids is 2. The maximum atomic E-state index is 13.0. The maximum Gasteiger partial charge on any atom is 0.255 e. The molecule has 2 aromatic rings. The van der Waals surface area contributed by atoms with Crippen molar-refractivity contribution in [3.63, 3.8) is 0 Å². The smallest absolute Gasteiger partial charge is 0.255 e. The zero-order valence-corrected chi connectivity index (χ0v) is 16.5. The molecule has 3 aliphatic heterocycles. The Morgan fingerprint density at radius 2 is 2.07 bits per heavy atom. The predicted octanol–water partition coefficient (Wildman–Crippen LogP) is 2.12. The van der Waals surface area contributed by atoms with Crippen molar-refractivity contribution < 1.29 is 9.59 Å². The van der Waals surface area contributed by atoms with Crippen LogP contribution in [0.15, 0.2) is 24.5 Å². The summed E-state index contributed by atoms with van der Waals surface area (Å²) in [7, 11) is 0. The Labute approximate surface area is 165 Å². The highest BCUT2D eigenvalue weighted by Crippen LogP contribution is 2.29. The molecule has 3 fully saturated rings. The summed E-state index contributed by atoms with van der Waals surface area (Å²) in [5.74, 6) is 0.551. The summed E-state index contributed by atoms with van der Waals surface area (Å²) in [5, 5.41) is 7.21. The van der Waals surface area contributed by atoms with Crippen molar-refractivity contribution in [2.45, 2.75) is 45.6 Å². The summed E-state index contributed by atoms with van der Waals surface area (Å²) in [6.45, 7) is 6.05. The lowest BCUT2D eigenvalue weighted by Crippen LogP contribution is -2.47. The van der Waals surface area contributed by atoms with Crippen molar-refractivity contribution in [2.75, 3.05) is 19.6 Å². The number of fused-ring (bicyclic) bond motifs is 4. The quantitative estimate of drug-likeness (QED) is 0.879. The fourth-order valence-corrected chi connectivity index (χ4v) is 4.54. The normalized spacial score (nSPS) is 21.6. The third-order valence-electron chi connectivity index (χ3n) is 6.10. The number of hydrogen-bond acceptors (Lipinski definition) is 4. The highest BCUT2D eigenvalue weighted by molar-refractivity contribution is 5.94. The van der Waals surface area contributed by atoms with Gasteiger partial charge in [-0.3, -0.25) is 19.7 Å². The molecule has 0 radical (unpaired) electrons. The van der Waals surface area contributed by atoms with E-state index in [0.717, 1.165) is 36.3 Å². The third-order valence-corrected chi connectivity index (χ3v) is 6.10. The molecule has 5 heterocycles. The van der Waals surface area contributed by atoms with Crippen LogP contribution >= 0.6 is 0 Å². The number of carbonyl (C=O) groups is 2. The molecule has 3 aliphatic rings. The number of nitrogens with zero attached hydrogens (tertiary/aromatic N) is 4. The second-order valence-electron chi connectivity index (χ2n) is 8.01. The molecule has 0 spiro atoms. The lowest BCUT2D eigenvalue weighted by Gasteiger charge is -2.36. The van der Waals surface area contributed by atoms with Crippen LogP contribution in [0.1, 0.15) is 46.6 Å². The Hall–Kier alpha value is -2.70. The first-order chi connectivity index (χ1) is 13.5. The van der Waals surface area contributed by atoms with Gasteiger partial charge in [-0.2, -0.15) is 5.10 Å². The van der Waals surface area contributed by atoms with Crippen LogP contribution in [0.4, 0.5) is 0 Å². The number of nitrogens with one attached hydrogen (secondary N) is 1. The molecule has 1 N–H and O–H groups in total. The summed E-state index contributed by atoms with van der Waals surface area (Å²) in [4.78, 5) is 33.9. The van der Waals surface area contributed by atoms with E-state index in [2.05, 4.69) is 15.2 Å². The fourth-order valence-electron chi connectivity index (χ4n) is 4.54. The number of H-pyrrole nitrogens is 1. The molecule has 28 heavy (non-hydrogen) atoms. The van der Waals surface area contributed by atoms with Gasteiger partial charge in [0.05, 0.1) is 11.3 Å². The molecule has 5 rings (SSSR count). The van der Waals surface area contributed by atoms with Crippen molar-refractivity contribution in [3.8, 4) is 0 Å². The summed E-state index contributed by atoms with van der Waals surface area (Å²) in [5.41, 5.74) is 3.76. The van der Waals surface area contributed by atoms with Gasteiger partial charge >= 0.3 is 0 Å². The van der Waals surface area contributed by atoms with Gasteiger partial charge in [-0.15, -0.1) is 0 Å². The van der Waals surface area contributed by atoms with Crippen molar-refractivity contribution in [1.29, 1.82) is 0 Å². The molecule has 0 aromatic carbocycles. The summed E-state index contributed by atoms with van der Waals surface area (Å²) in [6.07, 6.45) is 6.53. The minimum Gasteiger partial charge on any atom is -0.338 e. The molecular formula is C21H27N5O2. The lowest BCUT2D eigenvalue weighted by atomic mass is 9.94. The maximum absolute atomic E-state index is 13.0. The number of rotatable bonds is 4. The molecule has 2 aromatic heterocycles. The zero-order chi connectivity index (χ0) is 19.7. The van der Waals surface area contributed by atoms with E-state index in [-0.39, 0.29) is 17.9 Å².